The molecule has 2 N–H and O–H groups in total. The molecular formula is C22H19ClN4O. The van der Waals surface area contributed by atoms with Crippen molar-refractivity contribution in [3.63, 3.8) is 0 Å². The summed E-state index contributed by atoms with van der Waals surface area (Å²) in [7, 11) is 0. The van der Waals surface area contributed by atoms with Gasteiger partial charge in [-0.1, -0.05) is 18.2 Å². The molecule has 2 heterocycles. The molecule has 28 heavy (non-hydrogen) atoms. The fraction of sp³-hybridized carbons (Fsp3) is 0.136. The number of ether oxygens (including phenoxy) is 1. The zero-order valence-corrected chi connectivity index (χ0v) is 15.9. The summed E-state index contributed by atoms with van der Waals surface area (Å²) in [5.74, 6) is 2.35. The van der Waals surface area contributed by atoms with Gasteiger partial charge in [0, 0.05) is 23.3 Å². The lowest BCUT2D eigenvalue weighted by atomic mass is 10.0. The molecule has 6 heteroatoms. The number of aromatic nitrogens is 3. The molecule has 0 saturated heterocycles. The van der Waals surface area contributed by atoms with E-state index in [4.69, 9.17) is 22.1 Å². The van der Waals surface area contributed by atoms with Crippen molar-refractivity contribution >= 4 is 28.3 Å². The summed E-state index contributed by atoms with van der Waals surface area (Å²) in [6.45, 7) is 0.506. The van der Waals surface area contributed by atoms with Crippen molar-refractivity contribution in [2.45, 2.75) is 6.42 Å². The number of hydrogen-bond acceptors (Lipinski definition) is 5. The first-order valence-electron chi connectivity index (χ1n) is 8.97. The van der Waals surface area contributed by atoms with E-state index in [1.54, 1.807) is 12.4 Å². The second kappa shape index (κ2) is 8.23. The number of nitrogens with zero attached hydrogens (tertiary/aromatic N) is 3. The number of benzene rings is 2. The Morgan fingerprint density at radius 1 is 0.964 bits per heavy atom. The molecule has 2 aromatic carbocycles. The van der Waals surface area contributed by atoms with Gasteiger partial charge >= 0.3 is 0 Å². The Kier molecular flexibility index (Phi) is 5.35. The highest BCUT2D eigenvalue weighted by molar-refractivity contribution is 6.18. The molecule has 0 aliphatic rings. The fourth-order valence-corrected chi connectivity index (χ4v) is 3.11. The van der Waals surface area contributed by atoms with Crippen LogP contribution in [-0.2, 0) is 6.42 Å². The molecule has 0 radical (unpaired) electrons. The van der Waals surface area contributed by atoms with Crippen LogP contribution in [0.1, 0.15) is 11.1 Å². The first-order valence-corrected chi connectivity index (χ1v) is 9.50. The molecule has 140 valence electrons. The highest BCUT2D eigenvalue weighted by Crippen LogP contribution is 2.25. The molecule has 0 bridgehead atoms. The summed E-state index contributed by atoms with van der Waals surface area (Å²) in [6, 6.07) is 17.9. The first kappa shape index (κ1) is 18.2. The van der Waals surface area contributed by atoms with Crippen molar-refractivity contribution < 1.29 is 4.74 Å². The third-order valence-electron chi connectivity index (χ3n) is 4.39. The second-order valence-corrected chi connectivity index (χ2v) is 6.76. The molecule has 0 aliphatic carbocycles. The number of anilines is 1. The number of alkyl halides is 1. The van der Waals surface area contributed by atoms with Crippen LogP contribution in [-0.4, -0.2) is 27.4 Å². The number of halogens is 1. The highest BCUT2D eigenvalue weighted by atomic mass is 35.5. The highest BCUT2D eigenvalue weighted by Gasteiger charge is 2.09. The van der Waals surface area contributed by atoms with Crippen LogP contribution >= 0.6 is 11.6 Å². The molecular weight excluding hydrogens is 372 g/mol. The molecule has 2 aromatic heterocycles. The van der Waals surface area contributed by atoms with Crippen molar-refractivity contribution in [2.24, 2.45) is 0 Å². The van der Waals surface area contributed by atoms with Crippen LogP contribution in [0.5, 0.6) is 5.75 Å². The minimum atomic E-state index is 0.468. The number of pyridine rings is 1. The van der Waals surface area contributed by atoms with Crippen molar-refractivity contribution in [1.82, 2.24) is 15.0 Å². The third kappa shape index (κ3) is 4.05. The largest absolute Gasteiger partial charge is 0.492 e. The van der Waals surface area contributed by atoms with Crippen molar-refractivity contribution in [3.05, 3.63) is 78.1 Å². The van der Waals surface area contributed by atoms with Gasteiger partial charge < -0.3 is 10.5 Å². The molecule has 0 saturated carbocycles. The molecule has 0 unspecified atom stereocenters. The number of hydrogen-bond donors (Lipinski definition) is 1. The Morgan fingerprint density at radius 3 is 2.54 bits per heavy atom. The number of fused-ring (bicyclic) bond motifs is 1. The maximum absolute atomic E-state index is 6.22. The van der Waals surface area contributed by atoms with Gasteiger partial charge in [-0.2, -0.15) is 0 Å². The van der Waals surface area contributed by atoms with Crippen LogP contribution in [0.15, 0.2) is 67.0 Å². The lowest BCUT2D eigenvalue weighted by molar-refractivity contribution is 0.342. The average molecular weight is 391 g/mol. The minimum absolute atomic E-state index is 0.468. The van der Waals surface area contributed by atoms with E-state index in [9.17, 15) is 0 Å². The van der Waals surface area contributed by atoms with Gasteiger partial charge in [0.15, 0.2) is 5.82 Å². The third-order valence-corrected chi connectivity index (χ3v) is 4.54. The van der Waals surface area contributed by atoms with E-state index in [0.29, 0.717) is 24.1 Å². The van der Waals surface area contributed by atoms with Crippen molar-refractivity contribution in [3.8, 4) is 17.1 Å². The monoisotopic (exact) mass is 390 g/mol. The molecule has 4 aromatic rings. The lowest BCUT2D eigenvalue weighted by Crippen LogP contribution is -1.99. The van der Waals surface area contributed by atoms with E-state index in [-0.39, 0.29) is 0 Å². The van der Waals surface area contributed by atoms with Crippen LogP contribution in [0.2, 0.25) is 0 Å². The zero-order valence-electron chi connectivity index (χ0n) is 15.2. The van der Waals surface area contributed by atoms with Gasteiger partial charge in [-0.25, -0.2) is 9.97 Å². The summed E-state index contributed by atoms with van der Waals surface area (Å²) in [5, 5.41) is 0.854. The Hall–Kier alpha value is -3.18. The van der Waals surface area contributed by atoms with Crippen molar-refractivity contribution in [1.29, 1.82) is 0 Å². The van der Waals surface area contributed by atoms with Gasteiger partial charge in [0.1, 0.15) is 18.2 Å². The number of nitrogens with two attached hydrogens (primary N) is 1. The molecule has 0 atom stereocenters. The SMILES string of the molecule is Nc1nc(-c2cccnc2)nc2ccc(Cc3ccc(OCCCl)cc3)cc12. The second-order valence-electron chi connectivity index (χ2n) is 6.38. The fourth-order valence-electron chi connectivity index (χ4n) is 3.03. The van der Waals surface area contributed by atoms with E-state index < -0.39 is 0 Å². The van der Waals surface area contributed by atoms with Gasteiger partial charge in [0.2, 0.25) is 0 Å². The van der Waals surface area contributed by atoms with E-state index in [2.05, 4.69) is 39.2 Å². The quantitative estimate of drug-likeness (QED) is 0.491. The maximum atomic E-state index is 6.22. The van der Waals surface area contributed by atoms with Crippen molar-refractivity contribution in [2.75, 3.05) is 18.2 Å². The van der Waals surface area contributed by atoms with Crippen LogP contribution < -0.4 is 10.5 Å². The summed E-state index contributed by atoms with van der Waals surface area (Å²) < 4.78 is 5.51. The minimum Gasteiger partial charge on any atom is -0.492 e. The molecule has 5 nitrogen and oxygen atoms in total. The van der Waals surface area contributed by atoms with Gasteiger partial charge in [-0.05, 0) is 53.9 Å². The van der Waals surface area contributed by atoms with E-state index in [0.717, 1.165) is 34.2 Å². The Bertz CT molecular complexity index is 1080. The van der Waals surface area contributed by atoms with Gasteiger partial charge in [0.05, 0.1) is 11.4 Å². The predicted molar refractivity (Wildman–Crippen MR) is 113 cm³/mol. The van der Waals surface area contributed by atoms with Gasteiger partial charge in [0.25, 0.3) is 0 Å². The number of nitrogen functional groups attached to an aromatic ring is 1. The van der Waals surface area contributed by atoms with Crippen LogP contribution in [0, 0.1) is 0 Å². The van der Waals surface area contributed by atoms with E-state index in [1.165, 1.54) is 5.56 Å². The Balaban J connectivity index is 1.58. The summed E-state index contributed by atoms with van der Waals surface area (Å²) >= 11 is 5.65. The van der Waals surface area contributed by atoms with E-state index >= 15 is 0 Å². The molecule has 0 amide bonds. The van der Waals surface area contributed by atoms with Gasteiger partial charge in [-0.15, -0.1) is 11.6 Å². The first-order chi connectivity index (χ1) is 13.7. The van der Waals surface area contributed by atoms with Crippen LogP contribution in [0.3, 0.4) is 0 Å². The molecule has 4 rings (SSSR count). The number of rotatable bonds is 6. The lowest BCUT2D eigenvalue weighted by Gasteiger charge is -2.09. The summed E-state index contributed by atoms with van der Waals surface area (Å²) in [5.41, 5.74) is 10.2. The van der Waals surface area contributed by atoms with Crippen LogP contribution in [0.25, 0.3) is 22.3 Å². The maximum Gasteiger partial charge on any atom is 0.163 e. The molecule has 0 fully saturated rings. The average Bonchev–Trinajstić information content (AvgIpc) is 2.74. The topological polar surface area (TPSA) is 73.9 Å². The van der Waals surface area contributed by atoms with E-state index in [1.807, 2.05) is 30.3 Å². The van der Waals surface area contributed by atoms with Crippen LogP contribution in [0.4, 0.5) is 5.82 Å². The standard InChI is InChI=1S/C22H19ClN4O/c23-9-11-28-18-6-3-15(4-7-18)12-16-5-8-20-19(13-16)21(24)27-22(26-20)17-2-1-10-25-14-17/h1-8,10,13-14H,9,11-12H2,(H2,24,26,27). The summed E-state index contributed by atoms with van der Waals surface area (Å²) in [6.07, 6.45) is 4.24. The summed E-state index contributed by atoms with van der Waals surface area (Å²) in [4.78, 5) is 13.2. The normalized spacial score (nSPS) is 10.9. The Morgan fingerprint density at radius 2 is 1.79 bits per heavy atom. The Labute approximate surface area is 168 Å². The van der Waals surface area contributed by atoms with Gasteiger partial charge in [-0.3, -0.25) is 4.98 Å². The smallest absolute Gasteiger partial charge is 0.163 e. The molecule has 0 spiro atoms. The molecule has 0 aliphatic heterocycles. The zero-order chi connectivity index (χ0) is 19.3. The predicted octanol–water partition coefficient (Wildman–Crippen LogP) is 4.48.